The number of ether oxygens (including phenoxy) is 1. The molecule has 0 aromatic rings. The minimum Gasteiger partial charge on any atom is -0.468 e. The van der Waals surface area contributed by atoms with E-state index in [-0.39, 0.29) is 5.97 Å². The van der Waals surface area contributed by atoms with Gasteiger partial charge in [0.15, 0.2) is 0 Å². The molecule has 0 radical (unpaired) electrons. The molecule has 0 saturated heterocycles. The van der Waals surface area contributed by atoms with Crippen molar-refractivity contribution in [3.63, 3.8) is 0 Å². The van der Waals surface area contributed by atoms with Gasteiger partial charge in [-0.1, -0.05) is 6.92 Å². The van der Waals surface area contributed by atoms with Crippen molar-refractivity contribution >= 4 is 5.97 Å². The molecule has 1 saturated carbocycles. The van der Waals surface area contributed by atoms with Crippen molar-refractivity contribution < 1.29 is 9.53 Å². The van der Waals surface area contributed by atoms with Crippen molar-refractivity contribution in [2.45, 2.75) is 83.8 Å². The number of rotatable bonds is 11. The first kappa shape index (κ1) is 18.4. The van der Waals surface area contributed by atoms with Gasteiger partial charge in [0, 0.05) is 12.1 Å². The van der Waals surface area contributed by atoms with Gasteiger partial charge in [0.1, 0.15) is 5.54 Å². The molecule has 0 bridgehead atoms. The SMILES string of the molecule is CCCN(CCCCC(C)(NC1CC1)C(=O)OC)C(C)C. The summed E-state index contributed by atoms with van der Waals surface area (Å²) >= 11 is 0. The van der Waals surface area contributed by atoms with E-state index in [0.29, 0.717) is 12.1 Å². The number of hydrogen-bond acceptors (Lipinski definition) is 4. The zero-order valence-corrected chi connectivity index (χ0v) is 14.6. The fourth-order valence-electron chi connectivity index (χ4n) is 2.85. The van der Waals surface area contributed by atoms with Gasteiger partial charge >= 0.3 is 5.97 Å². The van der Waals surface area contributed by atoms with Crippen LogP contribution in [0.15, 0.2) is 0 Å². The first-order valence-corrected chi connectivity index (χ1v) is 8.53. The quantitative estimate of drug-likeness (QED) is 0.470. The van der Waals surface area contributed by atoms with E-state index in [1.54, 1.807) is 0 Å². The molecule has 0 heterocycles. The van der Waals surface area contributed by atoms with E-state index < -0.39 is 5.54 Å². The molecule has 124 valence electrons. The summed E-state index contributed by atoms with van der Waals surface area (Å²) in [4.78, 5) is 14.6. The highest BCUT2D eigenvalue weighted by atomic mass is 16.5. The molecule has 0 spiro atoms. The van der Waals surface area contributed by atoms with Gasteiger partial charge in [0.05, 0.1) is 7.11 Å². The Bertz CT molecular complexity index is 316. The van der Waals surface area contributed by atoms with Gasteiger partial charge in [0.25, 0.3) is 0 Å². The van der Waals surface area contributed by atoms with E-state index in [9.17, 15) is 4.79 Å². The van der Waals surface area contributed by atoms with Crippen molar-refractivity contribution in [2.24, 2.45) is 0 Å². The Morgan fingerprint density at radius 1 is 1.33 bits per heavy atom. The maximum Gasteiger partial charge on any atom is 0.325 e. The Morgan fingerprint density at radius 2 is 2.00 bits per heavy atom. The molecular weight excluding hydrogens is 264 g/mol. The Balaban J connectivity index is 2.37. The smallest absolute Gasteiger partial charge is 0.325 e. The largest absolute Gasteiger partial charge is 0.468 e. The van der Waals surface area contributed by atoms with Gasteiger partial charge in [-0.3, -0.25) is 10.1 Å². The standard InChI is InChI=1S/C17H34N2O2/c1-6-12-19(14(2)3)13-8-7-11-17(4,16(20)21-5)18-15-9-10-15/h14-15,18H,6-13H2,1-5H3. The Kier molecular flexibility index (Phi) is 7.67. The first-order valence-electron chi connectivity index (χ1n) is 8.53. The van der Waals surface area contributed by atoms with E-state index in [0.717, 1.165) is 32.4 Å². The lowest BCUT2D eigenvalue weighted by Crippen LogP contribution is -2.51. The van der Waals surface area contributed by atoms with Crippen LogP contribution in [0.2, 0.25) is 0 Å². The molecule has 1 atom stereocenters. The number of carbonyl (C=O) groups is 1. The van der Waals surface area contributed by atoms with Crippen LogP contribution in [0, 0.1) is 0 Å². The Labute approximate surface area is 130 Å². The van der Waals surface area contributed by atoms with Crippen LogP contribution >= 0.6 is 0 Å². The van der Waals surface area contributed by atoms with Gasteiger partial charge in [0.2, 0.25) is 0 Å². The molecule has 1 fully saturated rings. The number of carbonyl (C=O) groups excluding carboxylic acids is 1. The summed E-state index contributed by atoms with van der Waals surface area (Å²) < 4.78 is 4.99. The van der Waals surface area contributed by atoms with Gasteiger partial charge in [-0.15, -0.1) is 0 Å². The lowest BCUT2D eigenvalue weighted by molar-refractivity contribution is -0.148. The van der Waals surface area contributed by atoms with Gasteiger partial charge in [-0.2, -0.15) is 0 Å². The van der Waals surface area contributed by atoms with E-state index >= 15 is 0 Å². The topological polar surface area (TPSA) is 41.6 Å². The summed E-state index contributed by atoms with van der Waals surface area (Å²) in [5.74, 6) is -0.122. The number of esters is 1. The Hall–Kier alpha value is -0.610. The summed E-state index contributed by atoms with van der Waals surface area (Å²) in [6, 6.07) is 1.11. The van der Waals surface area contributed by atoms with Crippen molar-refractivity contribution in [2.75, 3.05) is 20.2 Å². The molecular formula is C17H34N2O2. The van der Waals surface area contributed by atoms with Gasteiger partial charge in [-0.25, -0.2) is 0 Å². The highest BCUT2D eigenvalue weighted by Crippen LogP contribution is 2.26. The van der Waals surface area contributed by atoms with Crippen LogP contribution in [-0.2, 0) is 9.53 Å². The summed E-state index contributed by atoms with van der Waals surface area (Å²) in [5.41, 5.74) is -0.511. The maximum atomic E-state index is 12.0. The lowest BCUT2D eigenvalue weighted by Gasteiger charge is -2.29. The van der Waals surface area contributed by atoms with E-state index in [1.807, 2.05) is 6.92 Å². The average Bonchev–Trinajstić information content (AvgIpc) is 3.24. The molecule has 1 aliphatic carbocycles. The van der Waals surface area contributed by atoms with Crippen LogP contribution in [0.4, 0.5) is 0 Å². The molecule has 4 heteroatoms. The fourth-order valence-corrected chi connectivity index (χ4v) is 2.85. The zero-order valence-electron chi connectivity index (χ0n) is 14.6. The molecule has 1 rings (SSSR count). The molecule has 0 aromatic carbocycles. The van der Waals surface area contributed by atoms with Crippen LogP contribution in [-0.4, -0.2) is 48.7 Å². The number of nitrogens with one attached hydrogen (secondary N) is 1. The summed E-state index contributed by atoms with van der Waals surface area (Å²) in [6.07, 6.45) is 6.61. The van der Waals surface area contributed by atoms with Crippen LogP contribution in [0.5, 0.6) is 0 Å². The second kappa shape index (κ2) is 8.74. The third-order valence-electron chi connectivity index (χ3n) is 4.35. The minimum atomic E-state index is -0.511. The van der Waals surface area contributed by atoms with Gasteiger partial charge < -0.3 is 9.64 Å². The number of unbranched alkanes of at least 4 members (excludes halogenated alkanes) is 1. The molecule has 4 nitrogen and oxygen atoms in total. The predicted molar refractivity (Wildman–Crippen MR) is 87.4 cm³/mol. The monoisotopic (exact) mass is 298 g/mol. The molecule has 1 unspecified atom stereocenters. The molecule has 0 amide bonds. The maximum absolute atomic E-state index is 12.0. The van der Waals surface area contributed by atoms with Crippen molar-refractivity contribution in [1.82, 2.24) is 10.2 Å². The van der Waals surface area contributed by atoms with Crippen LogP contribution in [0.3, 0.4) is 0 Å². The third kappa shape index (κ3) is 6.35. The summed E-state index contributed by atoms with van der Waals surface area (Å²) in [6.45, 7) is 11.0. The zero-order chi connectivity index (χ0) is 15.9. The molecule has 1 N–H and O–H groups in total. The van der Waals surface area contributed by atoms with Crippen molar-refractivity contribution in [3.8, 4) is 0 Å². The number of nitrogens with zero attached hydrogens (tertiary/aromatic N) is 1. The molecule has 0 aliphatic heterocycles. The summed E-state index contributed by atoms with van der Waals surface area (Å²) in [5, 5.41) is 3.47. The van der Waals surface area contributed by atoms with Gasteiger partial charge in [-0.05, 0) is 72.4 Å². The van der Waals surface area contributed by atoms with E-state index in [1.165, 1.54) is 26.4 Å². The van der Waals surface area contributed by atoms with E-state index in [2.05, 4.69) is 31.0 Å². The van der Waals surface area contributed by atoms with Crippen molar-refractivity contribution in [3.05, 3.63) is 0 Å². The normalized spacial score (nSPS) is 18.0. The van der Waals surface area contributed by atoms with E-state index in [4.69, 9.17) is 4.74 Å². The highest BCUT2D eigenvalue weighted by molar-refractivity contribution is 5.80. The Morgan fingerprint density at radius 3 is 2.48 bits per heavy atom. The molecule has 1 aliphatic rings. The second-order valence-electron chi connectivity index (χ2n) is 6.83. The highest BCUT2D eigenvalue weighted by Gasteiger charge is 2.38. The predicted octanol–water partition coefficient (Wildman–Crippen LogP) is 2.96. The number of hydrogen-bond donors (Lipinski definition) is 1. The second-order valence-corrected chi connectivity index (χ2v) is 6.83. The van der Waals surface area contributed by atoms with Crippen molar-refractivity contribution in [1.29, 1.82) is 0 Å². The minimum absolute atomic E-state index is 0.122. The number of methoxy groups -OCH3 is 1. The van der Waals surface area contributed by atoms with Crippen LogP contribution in [0.25, 0.3) is 0 Å². The van der Waals surface area contributed by atoms with Crippen LogP contribution in [0.1, 0.15) is 66.2 Å². The third-order valence-corrected chi connectivity index (χ3v) is 4.35. The summed E-state index contributed by atoms with van der Waals surface area (Å²) in [7, 11) is 1.48. The average molecular weight is 298 g/mol. The first-order chi connectivity index (χ1) is 9.92. The molecule has 21 heavy (non-hydrogen) atoms. The molecule has 0 aromatic heterocycles. The van der Waals surface area contributed by atoms with Crippen LogP contribution < -0.4 is 5.32 Å². The lowest BCUT2D eigenvalue weighted by atomic mass is 9.94. The fraction of sp³-hybridized carbons (Fsp3) is 0.941.